The van der Waals surface area contributed by atoms with Crippen LogP contribution in [0.4, 0.5) is 0 Å². The van der Waals surface area contributed by atoms with E-state index in [1.165, 1.54) is 5.56 Å². The Hall–Kier alpha value is -2.02. The summed E-state index contributed by atoms with van der Waals surface area (Å²) < 4.78 is 18.2. The fraction of sp³-hybridized carbons (Fsp3) is 0.400. The molecule has 6 nitrogen and oxygen atoms in total. The highest BCUT2D eigenvalue weighted by molar-refractivity contribution is 7.99. The van der Waals surface area contributed by atoms with E-state index in [0.717, 1.165) is 10.5 Å². The molecule has 2 aliphatic heterocycles. The van der Waals surface area contributed by atoms with Crippen molar-refractivity contribution >= 4 is 11.8 Å². The van der Waals surface area contributed by atoms with Gasteiger partial charge in [0.25, 0.3) is 0 Å². The summed E-state index contributed by atoms with van der Waals surface area (Å²) in [6.07, 6.45) is -0.123. The predicted octanol–water partition coefficient (Wildman–Crippen LogP) is 5.00. The molecule has 0 aliphatic carbocycles. The second kappa shape index (κ2) is 8.33. The van der Waals surface area contributed by atoms with Crippen molar-refractivity contribution in [2.75, 3.05) is 6.61 Å². The highest BCUT2D eigenvalue weighted by atomic mass is 32.2. The first-order chi connectivity index (χ1) is 13.2. The molecule has 0 spiro atoms. The summed E-state index contributed by atoms with van der Waals surface area (Å²) in [6, 6.07) is 17.8. The second-order valence-corrected chi connectivity index (χ2v) is 7.90. The average molecular weight is 383 g/mol. The van der Waals surface area contributed by atoms with Crippen LogP contribution in [0.2, 0.25) is 0 Å². The standard InChI is InChI=1S/C20H21N3O3S/c1-13-7-9-15(10-8-13)27-20-16(22-23-21)11-17-18(26-20)12-24-19(25-17)14-5-3-2-4-6-14/h2-10,16-20H,11-12H2,1H3/t16-,17+,18-,19?,20?/m1/s1. The minimum atomic E-state index is -0.413. The van der Waals surface area contributed by atoms with Crippen LogP contribution in [-0.2, 0) is 14.2 Å². The maximum absolute atomic E-state index is 8.99. The Kier molecular flexibility index (Phi) is 5.66. The molecular formula is C20H21N3O3S. The molecule has 2 fully saturated rings. The van der Waals surface area contributed by atoms with Gasteiger partial charge in [-0.05, 0) is 31.0 Å². The lowest BCUT2D eigenvalue weighted by molar-refractivity contribution is -0.282. The van der Waals surface area contributed by atoms with Gasteiger partial charge in [-0.25, -0.2) is 0 Å². The molecule has 2 heterocycles. The lowest BCUT2D eigenvalue weighted by atomic mass is 10.0. The van der Waals surface area contributed by atoms with Gasteiger partial charge < -0.3 is 14.2 Å². The summed E-state index contributed by atoms with van der Waals surface area (Å²) in [4.78, 5) is 4.11. The average Bonchev–Trinajstić information content (AvgIpc) is 2.70. The molecule has 2 saturated heterocycles. The molecular weight excluding hydrogens is 362 g/mol. The third-order valence-electron chi connectivity index (χ3n) is 4.77. The molecule has 2 aromatic rings. The molecule has 140 valence electrons. The number of hydrogen-bond acceptors (Lipinski definition) is 5. The van der Waals surface area contributed by atoms with E-state index in [0.29, 0.717) is 13.0 Å². The second-order valence-electron chi connectivity index (χ2n) is 6.73. The lowest BCUT2D eigenvalue weighted by Gasteiger charge is -2.44. The molecule has 0 amide bonds. The van der Waals surface area contributed by atoms with Gasteiger partial charge in [0.05, 0.1) is 18.8 Å². The van der Waals surface area contributed by atoms with Gasteiger partial charge in [0, 0.05) is 15.4 Å². The molecule has 7 heteroatoms. The van der Waals surface area contributed by atoms with Crippen molar-refractivity contribution in [1.29, 1.82) is 0 Å². The number of aryl methyl sites for hydroxylation is 1. The van der Waals surface area contributed by atoms with E-state index in [1.54, 1.807) is 11.8 Å². The van der Waals surface area contributed by atoms with Gasteiger partial charge in [-0.3, -0.25) is 0 Å². The number of rotatable bonds is 4. The van der Waals surface area contributed by atoms with Crippen molar-refractivity contribution in [3.63, 3.8) is 0 Å². The van der Waals surface area contributed by atoms with E-state index in [1.807, 2.05) is 30.3 Å². The van der Waals surface area contributed by atoms with E-state index < -0.39 is 6.29 Å². The third kappa shape index (κ3) is 4.29. The zero-order valence-corrected chi connectivity index (χ0v) is 15.8. The number of hydrogen-bond donors (Lipinski definition) is 0. The minimum absolute atomic E-state index is 0.158. The summed E-state index contributed by atoms with van der Waals surface area (Å²) in [7, 11) is 0. The number of nitrogens with zero attached hydrogens (tertiary/aromatic N) is 3. The topological polar surface area (TPSA) is 76.5 Å². The zero-order chi connectivity index (χ0) is 18.6. The highest BCUT2D eigenvalue weighted by Crippen LogP contribution is 2.39. The van der Waals surface area contributed by atoms with Crippen molar-refractivity contribution in [2.45, 2.75) is 48.2 Å². The number of ether oxygens (including phenoxy) is 3. The van der Waals surface area contributed by atoms with Gasteiger partial charge in [0.15, 0.2) is 6.29 Å². The number of benzene rings is 2. The Balaban J connectivity index is 1.47. The van der Waals surface area contributed by atoms with E-state index in [9.17, 15) is 0 Å². The monoisotopic (exact) mass is 383 g/mol. The highest BCUT2D eigenvalue weighted by Gasteiger charge is 2.43. The fourth-order valence-electron chi connectivity index (χ4n) is 3.33. The van der Waals surface area contributed by atoms with E-state index in [4.69, 9.17) is 19.7 Å². The van der Waals surface area contributed by atoms with Crippen LogP contribution in [-0.4, -0.2) is 30.3 Å². The lowest BCUT2D eigenvalue weighted by Crippen LogP contribution is -2.51. The fourth-order valence-corrected chi connectivity index (χ4v) is 4.41. The van der Waals surface area contributed by atoms with E-state index in [-0.39, 0.29) is 23.7 Å². The molecule has 2 aromatic carbocycles. The van der Waals surface area contributed by atoms with Crippen LogP contribution in [0.1, 0.15) is 23.8 Å². The van der Waals surface area contributed by atoms with Gasteiger partial charge in [0.1, 0.15) is 11.5 Å². The number of fused-ring (bicyclic) bond motifs is 1. The Morgan fingerprint density at radius 1 is 1.04 bits per heavy atom. The first-order valence-electron chi connectivity index (χ1n) is 8.98. The van der Waals surface area contributed by atoms with Crippen molar-refractivity contribution in [3.8, 4) is 0 Å². The Morgan fingerprint density at radius 2 is 1.81 bits per heavy atom. The third-order valence-corrected chi connectivity index (χ3v) is 5.97. The van der Waals surface area contributed by atoms with Gasteiger partial charge in [-0.1, -0.05) is 64.9 Å². The first kappa shape index (κ1) is 18.3. The van der Waals surface area contributed by atoms with Crippen LogP contribution in [0.5, 0.6) is 0 Å². The zero-order valence-electron chi connectivity index (χ0n) is 15.0. The summed E-state index contributed by atoms with van der Waals surface area (Å²) in [5, 5.41) is 3.98. The molecule has 2 unspecified atom stereocenters. The normalized spacial score (nSPS) is 30.2. The number of azide groups is 1. The molecule has 0 saturated carbocycles. The summed E-state index contributed by atoms with van der Waals surface area (Å²) in [6.45, 7) is 2.51. The Labute approximate surface area is 162 Å². The van der Waals surface area contributed by atoms with Crippen LogP contribution in [0.25, 0.3) is 10.4 Å². The quantitative estimate of drug-likeness (QED) is 0.423. The number of thioether (sulfide) groups is 1. The maximum atomic E-state index is 8.99. The molecule has 0 bridgehead atoms. The smallest absolute Gasteiger partial charge is 0.184 e. The van der Waals surface area contributed by atoms with Crippen molar-refractivity contribution in [3.05, 3.63) is 76.2 Å². The van der Waals surface area contributed by atoms with Crippen LogP contribution >= 0.6 is 11.8 Å². The molecule has 2 aliphatic rings. The molecule has 4 rings (SSSR count). The molecule has 27 heavy (non-hydrogen) atoms. The predicted molar refractivity (Wildman–Crippen MR) is 103 cm³/mol. The Morgan fingerprint density at radius 3 is 2.56 bits per heavy atom. The summed E-state index contributed by atoms with van der Waals surface area (Å²) in [5.41, 5.74) is 10.9. The van der Waals surface area contributed by atoms with Crippen LogP contribution < -0.4 is 0 Å². The summed E-state index contributed by atoms with van der Waals surface area (Å²) in [5.74, 6) is 0. The van der Waals surface area contributed by atoms with Gasteiger partial charge in [-0.2, -0.15) is 0 Å². The maximum Gasteiger partial charge on any atom is 0.184 e. The van der Waals surface area contributed by atoms with Gasteiger partial charge in [-0.15, -0.1) is 0 Å². The largest absolute Gasteiger partial charge is 0.358 e. The van der Waals surface area contributed by atoms with Crippen molar-refractivity contribution < 1.29 is 14.2 Å². The van der Waals surface area contributed by atoms with Crippen LogP contribution in [0.3, 0.4) is 0 Å². The first-order valence-corrected chi connectivity index (χ1v) is 9.86. The van der Waals surface area contributed by atoms with Crippen molar-refractivity contribution in [1.82, 2.24) is 0 Å². The van der Waals surface area contributed by atoms with E-state index >= 15 is 0 Å². The minimum Gasteiger partial charge on any atom is -0.358 e. The SMILES string of the molecule is Cc1ccc(SC2O[C@@H]3COC(c4ccccc4)O[C@H]3C[C@H]2N=[N+]=[N-])cc1. The van der Waals surface area contributed by atoms with Crippen molar-refractivity contribution in [2.24, 2.45) is 5.11 Å². The van der Waals surface area contributed by atoms with Gasteiger partial charge >= 0.3 is 0 Å². The molecule has 5 atom stereocenters. The van der Waals surface area contributed by atoms with Crippen LogP contribution in [0, 0.1) is 6.92 Å². The van der Waals surface area contributed by atoms with E-state index in [2.05, 4.69) is 41.2 Å². The molecule has 0 aromatic heterocycles. The summed E-state index contributed by atoms with van der Waals surface area (Å²) >= 11 is 1.58. The molecule has 0 N–H and O–H groups in total. The Bertz CT molecular complexity index is 811. The van der Waals surface area contributed by atoms with Gasteiger partial charge in [0.2, 0.25) is 0 Å². The molecule has 0 radical (unpaired) electrons. The van der Waals surface area contributed by atoms with Crippen LogP contribution in [0.15, 0.2) is 64.6 Å².